The molecule has 0 spiro atoms. The molecule has 0 radical (unpaired) electrons. The minimum Gasteiger partial charge on any atom is -0.381 e. The summed E-state index contributed by atoms with van der Waals surface area (Å²) >= 11 is 0. The maximum Gasteiger partial charge on any atom is 0.257 e. The second kappa shape index (κ2) is 15.1. The molecule has 0 aromatic heterocycles. The molecule has 0 aliphatic carbocycles. The van der Waals surface area contributed by atoms with E-state index in [0.717, 1.165) is 104 Å². The van der Waals surface area contributed by atoms with Crippen molar-refractivity contribution < 1.29 is 23.1 Å². The quantitative estimate of drug-likeness (QED) is 0.237. The summed E-state index contributed by atoms with van der Waals surface area (Å²) in [4.78, 5) is 35.8. The summed E-state index contributed by atoms with van der Waals surface area (Å²) in [6.45, 7) is 5.73. The molecule has 0 atom stereocenters. The van der Waals surface area contributed by atoms with Crippen molar-refractivity contribution in [3.05, 3.63) is 123 Å². The predicted molar refractivity (Wildman–Crippen MR) is 196 cm³/mol. The minimum absolute atomic E-state index is 0.190. The molecule has 264 valence electrons. The van der Waals surface area contributed by atoms with Gasteiger partial charge >= 0.3 is 0 Å². The molecule has 3 heterocycles. The van der Waals surface area contributed by atoms with E-state index in [2.05, 4.69) is 39.6 Å². The van der Waals surface area contributed by atoms with Gasteiger partial charge in [0.2, 0.25) is 0 Å². The first-order valence-electron chi connectivity index (χ1n) is 17.7. The molecule has 3 aliphatic heterocycles. The highest BCUT2D eigenvalue weighted by Crippen LogP contribution is 2.33. The van der Waals surface area contributed by atoms with Gasteiger partial charge < -0.3 is 25.2 Å². The molecule has 2 N–H and O–H groups in total. The first kappa shape index (κ1) is 34.5. The van der Waals surface area contributed by atoms with E-state index in [1.807, 2.05) is 30.3 Å². The lowest BCUT2D eigenvalue weighted by atomic mass is 9.89. The van der Waals surface area contributed by atoms with Crippen molar-refractivity contribution in [3.8, 4) is 11.1 Å². The molecule has 3 aliphatic rings. The number of fused-ring (bicyclic) bond motifs is 1. The van der Waals surface area contributed by atoms with Gasteiger partial charge in [-0.05, 0) is 127 Å². The van der Waals surface area contributed by atoms with E-state index in [1.165, 1.54) is 12.1 Å². The van der Waals surface area contributed by atoms with Crippen molar-refractivity contribution in [1.82, 2.24) is 15.5 Å². The van der Waals surface area contributed by atoms with E-state index in [9.17, 15) is 18.4 Å². The van der Waals surface area contributed by atoms with Crippen LogP contribution in [0.1, 0.15) is 61.4 Å². The third-order valence-electron chi connectivity index (χ3n) is 10.3. The van der Waals surface area contributed by atoms with Crippen LogP contribution in [0.4, 0.5) is 14.5 Å². The molecule has 2 fully saturated rings. The Morgan fingerprint density at radius 2 is 1.57 bits per heavy atom. The lowest BCUT2D eigenvalue weighted by Gasteiger charge is -2.34. The van der Waals surface area contributed by atoms with E-state index in [4.69, 9.17) is 9.73 Å². The monoisotopic (exact) mass is 691 g/mol. The van der Waals surface area contributed by atoms with Crippen molar-refractivity contribution in [3.63, 3.8) is 0 Å². The van der Waals surface area contributed by atoms with Gasteiger partial charge in [0.15, 0.2) is 0 Å². The van der Waals surface area contributed by atoms with Gasteiger partial charge in [0.05, 0.1) is 6.54 Å². The number of likely N-dealkylation sites (N-methyl/N-ethyl adjacent to an activating group) is 1. The van der Waals surface area contributed by atoms with Gasteiger partial charge in [-0.25, -0.2) is 8.78 Å². The summed E-state index contributed by atoms with van der Waals surface area (Å²) in [5.41, 5.74) is 8.05. The van der Waals surface area contributed by atoms with Crippen LogP contribution in [0.15, 0.2) is 77.8 Å². The van der Waals surface area contributed by atoms with Crippen LogP contribution in [0.2, 0.25) is 0 Å². The second-order valence-corrected chi connectivity index (χ2v) is 13.8. The number of benzene rings is 4. The molecule has 51 heavy (non-hydrogen) atoms. The molecule has 0 saturated carbocycles. The van der Waals surface area contributed by atoms with Gasteiger partial charge in [-0.3, -0.25) is 14.6 Å². The number of hydrogen-bond acceptors (Lipinski definition) is 6. The standard InChI is InChI=1S/C41H43F2N5O3/c1-44-40(49)29-5-3-28(4-6-29)37-23-32-25-45-39(38(32)22-31(37)18-27-19-33(42)24-34(43)20-27)46-41(50)36-8-7-35(48-13-11-47(2)12-14-48)21-30(36)17-26-9-15-51-16-10-26/h3-8,19-24,26H,9-18,25H2,1-2H3,(H,44,49)(H,45,46,50). The lowest BCUT2D eigenvalue weighted by molar-refractivity contribution is 0.0664. The van der Waals surface area contributed by atoms with Crippen LogP contribution in [0, 0.1) is 17.6 Å². The Morgan fingerprint density at radius 3 is 2.27 bits per heavy atom. The Morgan fingerprint density at radius 1 is 0.843 bits per heavy atom. The summed E-state index contributed by atoms with van der Waals surface area (Å²) in [5, 5.41) is 5.77. The number of nitrogens with one attached hydrogen (secondary N) is 2. The third kappa shape index (κ3) is 7.87. The SMILES string of the molecule is CNC(=O)c1ccc(-c2cc3c(cc2Cc2cc(F)cc(F)c2)C(NC(=O)c2ccc(N4CCN(C)CC4)cc2CC2CCOCC2)=NC3)cc1. The summed E-state index contributed by atoms with van der Waals surface area (Å²) in [7, 11) is 3.72. The molecule has 8 nitrogen and oxygen atoms in total. The molecule has 2 saturated heterocycles. The molecule has 0 bridgehead atoms. The van der Waals surface area contributed by atoms with E-state index < -0.39 is 11.6 Å². The topological polar surface area (TPSA) is 86.3 Å². The maximum atomic E-state index is 14.3. The minimum atomic E-state index is -0.646. The van der Waals surface area contributed by atoms with Crippen LogP contribution in [-0.4, -0.2) is 76.0 Å². The van der Waals surface area contributed by atoms with Gasteiger partial charge in [-0.15, -0.1) is 0 Å². The van der Waals surface area contributed by atoms with Crippen LogP contribution in [-0.2, 0) is 24.1 Å². The van der Waals surface area contributed by atoms with Crippen LogP contribution in [0.3, 0.4) is 0 Å². The number of hydrogen-bond donors (Lipinski definition) is 2. The number of ether oxygens (including phenoxy) is 1. The first-order valence-corrected chi connectivity index (χ1v) is 17.7. The van der Waals surface area contributed by atoms with Crippen LogP contribution >= 0.6 is 0 Å². The Hall–Kier alpha value is -4.93. The zero-order valence-electron chi connectivity index (χ0n) is 29.1. The molecule has 4 aromatic rings. The number of amidine groups is 1. The van der Waals surface area contributed by atoms with Gasteiger partial charge in [0.25, 0.3) is 11.8 Å². The number of halogens is 2. The van der Waals surface area contributed by atoms with Gasteiger partial charge in [0, 0.05) is 74.9 Å². The van der Waals surface area contributed by atoms with E-state index in [1.54, 1.807) is 19.2 Å². The Bertz CT molecular complexity index is 1940. The van der Waals surface area contributed by atoms with Crippen LogP contribution in [0.5, 0.6) is 0 Å². The van der Waals surface area contributed by atoms with Crippen LogP contribution in [0.25, 0.3) is 11.1 Å². The highest BCUT2D eigenvalue weighted by molar-refractivity contribution is 6.15. The molecule has 10 heteroatoms. The van der Waals surface area contributed by atoms with Gasteiger partial charge in [0.1, 0.15) is 17.5 Å². The van der Waals surface area contributed by atoms with Gasteiger partial charge in [-0.2, -0.15) is 0 Å². The normalized spacial score (nSPS) is 16.5. The highest BCUT2D eigenvalue weighted by atomic mass is 19.1. The molecular weight excluding hydrogens is 648 g/mol. The maximum absolute atomic E-state index is 14.3. The zero-order chi connectivity index (χ0) is 35.5. The Balaban J connectivity index is 1.19. The van der Waals surface area contributed by atoms with Crippen molar-refractivity contribution >= 4 is 23.3 Å². The smallest absolute Gasteiger partial charge is 0.257 e. The molecule has 7 rings (SSSR count). The fourth-order valence-electron chi connectivity index (χ4n) is 7.36. The van der Waals surface area contributed by atoms with Crippen molar-refractivity contribution in [2.45, 2.75) is 32.2 Å². The largest absolute Gasteiger partial charge is 0.381 e. The number of rotatable bonds is 8. The van der Waals surface area contributed by atoms with Crippen molar-refractivity contribution in [2.24, 2.45) is 10.9 Å². The fourth-order valence-corrected chi connectivity index (χ4v) is 7.36. The average Bonchev–Trinajstić information content (AvgIpc) is 3.52. The molecule has 4 aromatic carbocycles. The highest BCUT2D eigenvalue weighted by Gasteiger charge is 2.25. The zero-order valence-corrected chi connectivity index (χ0v) is 29.1. The van der Waals surface area contributed by atoms with E-state index >= 15 is 0 Å². The summed E-state index contributed by atoms with van der Waals surface area (Å²) in [6, 6.07) is 20.9. The number of nitrogens with zero attached hydrogens (tertiary/aromatic N) is 3. The predicted octanol–water partition coefficient (Wildman–Crippen LogP) is 5.99. The second-order valence-electron chi connectivity index (χ2n) is 13.8. The van der Waals surface area contributed by atoms with Crippen molar-refractivity contribution in [2.75, 3.05) is 58.4 Å². The number of piperazine rings is 1. The van der Waals surface area contributed by atoms with Crippen LogP contribution < -0.4 is 15.5 Å². The molecule has 2 amide bonds. The number of amides is 2. The number of carbonyl (C=O) groups is 2. The number of aliphatic imine (C=N–C) groups is 1. The Kier molecular flexibility index (Phi) is 10.2. The lowest BCUT2D eigenvalue weighted by Crippen LogP contribution is -2.44. The number of carbonyl (C=O) groups excluding carboxylic acids is 2. The molecule has 0 unspecified atom stereocenters. The summed E-state index contributed by atoms with van der Waals surface area (Å²) < 4.78 is 34.2. The van der Waals surface area contributed by atoms with Crippen molar-refractivity contribution in [1.29, 1.82) is 0 Å². The molecular formula is C41H43F2N5O3. The van der Waals surface area contributed by atoms with Gasteiger partial charge in [-0.1, -0.05) is 12.1 Å². The third-order valence-corrected chi connectivity index (χ3v) is 10.3. The average molecular weight is 692 g/mol. The number of anilines is 1. The fraction of sp³-hybridized carbons (Fsp3) is 0.341. The summed E-state index contributed by atoms with van der Waals surface area (Å²) in [5.74, 6) is -0.777. The van der Waals surface area contributed by atoms with E-state index in [0.29, 0.717) is 35.0 Å². The van der Waals surface area contributed by atoms with E-state index in [-0.39, 0.29) is 18.2 Å². The first-order chi connectivity index (χ1) is 24.7. The Labute approximate surface area is 297 Å². The summed E-state index contributed by atoms with van der Waals surface area (Å²) in [6.07, 6.45) is 2.98.